The highest BCUT2D eigenvalue weighted by molar-refractivity contribution is 6.28. The molecular formula is C16H24ClN5. The third-order valence-electron chi connectivity index (χ3n) is 3.97. The lowest BCUT2D eigenvalue weighted by Crippen LogP contribution is -2.34. The summed E-state index contributed by atoms with van der Waals surface area (Å²) in [7, 11) is 2.09. The Bertz CT molecular complexity index is 554. The first kappa shape index (κ1) is 17.0. The molecule has 0 saturated carbocycles. The van der Waals surface area contributed by atoms with Crippen molar-refractivity contribution < 1.29 is 0 Å². The third-order valence-corrected chi connectivity index (χ3v) is 4.14. The Morgan fingerprint density at radius 1 is 1.45 bits per heavy atom. The van der Waals surface area contributed by atoms with Crippen LogP contribution in [0.3, 0.4) is 0 Å². The molecule has 5 nitrogen and oxygen atoms in total. The summed E-state index contributed by atoms with van der Waals surface area (Å²) in [5, 5.41) is 9.21. The summed E-state index contributed by atoms with van der Waals surface area (Å²) >= 11 is 6.15. The number of hydrogen-bond donors (Lipinski definition) is 0. The normalized spacial score (nSPS) is 16.0. The summed E-state index contributed by atoms with van der Waals surface area (Å²) in [6.07, 6.45) is 2.55. The molecule has 0 aromatic carbocycles. The fraction of sp³-hybridized carbons (Fsp3) is 0.688. The van der Waals surface area contributed by atoms with Crippen molar-refractivity contribution in [2.75, 3.05) is 31.6 Å². The summed E-state index contributed by atoms with van der Waals surface area (Å²) in [4.78, 5) is 13.5. The minimum absolute atomic E-state index is 0.312. The van der Waals surface area contributed by atoms with Crippen molar-refractivity contribution in [2.45, 2.75) is 39.7 Å². The second-order valence-electron chi connectivity index (χ2n) is 6.14. The van der Waals surface area contributed by atoms with Crippen molar-refractivity contribution in [3.63, 3.8) is 0 Å². The molecule has 1 aliphatic heterocycles. The van der Waals surface area contributed by atoms with Gasteiger partial charge in [0, 0.05) is 38.2 Å². The molecule has 0 bridgehead atoms. The van der Waals surface area contributed by atoms with E-state index in [0.717, 1.165) is 50.5 Å². The van der Waals surface area contributed by atoms with Gasteiger partial charge in [0.2, 0.25) is 5.28 Å². The van der Waals surface area contributed by atoms with E-state index >= 15 is 0 Å². The smallest absolute Gasteiger partial charge is 0.224 e. The van der Waals surface area contributed by atoms with E-state index in [-0.39, 0.29) is 0 Å². The molecule has 0 N–H and O–H groups in total. The highest BCUT2D eigenvalue weighted by Crippen LogP contribution is 2.28. The predicted molar refractivity (Wildman–Crippen MR) is 89.0 cm³/mol. The number of likely N-dealkylation sites (N-methyl/N-ethyl adjacent to an activating group) is 1. The lowest BCUT2D eigenvalue weighted by molar-refractivity contribution is 0.307. The van der Waals surface area contributed by atoms with Crippen LogP contribution in [0.4, 0.5) is 5.82 Å². The fourth-order valence-electron chi connectivity index (χ4n) is 2.92. The van der Waals surface area contributed by atoms with Gasteiger partial charge < -0.3 is 9.80 Å². The number of halogens is 1. The Balaban J connectivity index is 2.32. The van der Waals surface area contributed by atoms with Crippen LogP contribution in [0.2, 0.25) is 5.28 Å². The minimum Gasteiger partial charge on any atom is -0.356 e. The monoisotopic (exact) mass is 321 g/mol. The van der Waals surface area contributed by atoms with Gasteiger partial charge in [0.1, 0.15) is 5.82 Å². The Morgan fingerprint density at radius 2 is 2.23 bits per heavy atom. The van der Waals surface area contributed by atoms with E-state index in [2.05, 4.69) is 46.7 Å². The van der Waals surface area contributed by atoms with Gasteiger partial charge in [-0.3, -0.25) is 0 Å². The van der Waals surface area contributed by atoms with Crippen molar-refractivity contribution in [2.24, 2.45) is 5.92 Å². The van der Waals surface area contributed by atoms with E-state index in [9.17, 15) is 0 Å². The minimum atomic E-state index is 0.312. The van der Waals surface area contributed by atoms with E-state index in [1.807, 2.05) is 0 Å². The van der Waals surface area contributed by atoms with E-state index in [1.165, 1.54) is 5.56 Å². The molecule has 0 spiro atoms. The van der Waals surface area contributed by atoms with Crippen LogP contribution in [0.25, 0.3) is 0 Å². The van der Waals surface area contributed by atoms with Gasteiger partial charge in [-0.1, -0.05) is 13.8 Å². The highest BCUT2D eigenvalue weighted by atomic mass is 35.5. The summed E-state index contributed by atoms with van der Waals surface area (Å²) in [6.45, 7) is 7.85. The SMILES string of the molecule is CCCN(C[C@@H](C)CC#N)c1nc(Cl)nc2c1CCN(C)C2. The molecule has 1 aliphatic rings. The molecule has 120 valence electrons. The van der Waals surface area contributed by atoms with Gasteiger partial charge in [0.15, 0.2) is 0 Å². The zero-order valence-electron chi connectivity index (χ0n) is 13.6. The van der Waals surface area contributed by atoms with Gasteiger partial charge >= 0.3 is 0 Å². The van der Waals surface area contributed by atoms with Crippen molar-refractivity contribution in [1.29, 1.82) is 5.26 Å². The molecule has 0 unspecified atom stereocenters. The average molecular weight is 322 g/mol. The summed E-state index contributed by atoms with van der Waals surface area (Å²) in [5.74, 6) is 1.28. The van der Waals surface area contributed by atoms with Crippen LogP contribution in [0, 0.1) is 17.2 Å². The molecular weight excluding hydrogens is 298 g/mol. The Morgan fingerprint density at radius 3 is 2.91 bits per heavy atom. The molecule has 0 radical (unpaired) electrons. The molecule has 0 fully saturated rings. The van der Waals surface area contributed by atoms with E-state index < -0.39 is 0 Å². The van der Waals surface area contributed by atoms with Gasteiger partial charge in [-0.05, 0) is 37.4 Å². The van der Waals surface area contributed by atoms with Crippen LogP contribution in [0.1, 0.15) is 37.9 Å². The van der Waals surface area contributed by atoms with Gasteiger partial charge in [-0.25, -0.2) is 9.97 Å². The summed E-state index contributed by atoms with van der Waals surface area (Å²) in [6, 6.07) is 2.25. The third kappa shape index (κ3) is 4.08. The first-order valence-corrected chi connectivity index (χ1v) is 8.28. The van der Waals surface area contributed by atoms with Crippen LogP contribution in [-0.4, -0.2) is 41.5 Å². The quantitative estimate of drug-likeness (QED) is 0.754. The molecule has 1 aromatic rings. The molecule has 0 aliphatic carbocycles. The molecule has 1 atom stereocenters. The van der Waals surface area contributed by atoms with E-state index in [0.29, 0.717) is 17.6 Å². The maximum Gasteiger partial charge on any atom is 0.224 e. The second kappa shape index (κ2) is 7.75. The highest BCUT2D eigenvalue weighted by Gasteiger charge is 2.23. The van der Waals surface area contributed by atoms with Crippen LogP contribution in [0.15, 0.2) is 0 Å². The number of anilines is 1. The molecule has 2 rings (SSSR count). The standard InChI is InChI=1S/C16H24ClN5/c1-4-8-22(10-12(2)5-7-18)15-13-6-9-21(3)11-14(13)19-16(17)20-15/h12H,4-6,8-11H2,1-3H3/t12-/m0/s1. The lowest BCUT2D eigenvalue weighted by Gasteiger charge is -2.31. The molecule has 0 saturated heterocycles. The molecule has 6 heteroatoms. The number of aromatic nitrogens is 2. The lowest BCUT2D eigenvalue weighted by atomic mass is 10.0. The topological polar surface area (TPSA) is 56.1 Å². The van der Waals surface area contributed by atoms with Crippen LogP contribution < -0.4 is 4.90 Å². The Hall–Kier alpha value is -1.38. The first-order chi connectivity index (χ1) is 10.5. The summed E-state index contributed by atoms with van der Waals surface area (Å²) < 4.78 is 0. The van der Waals surface area contributed by atoms with Gasteiger partial charge in [0.05, 0.1) is 11.8 Å². The zero-order chi connectivity index (χ0) is 16.1. The molecule has 22 heavy (non-hydrogen) atoms. The molecule has 2 heterocycles. The fourth-order valence-corrected chi connectivity index (χ4v) is 3.11. The largest absolute Gasteiger partial charge is 0.356 e. The molecule has 0 amide bonds. The second-order valence-corrected chi connectivity index (χ2v) is 6.48. The maximum absolute atomic E-state index is 8.89. The van der Waals surface area contributed by atoms with Crippen LogP contribution in [-0.2, 0) is 13.0 Å². The maximum atomic E-state index is 8.89. The summed E-state index contributed by atoms with van der Waals surface area (Å²) in [5.41, 5.74) is 2.26. The Labute approximate surface area is 137 Å². The number of fused-ring (bicyclic) bond motifs is 1. The van der Waals surface area contributed by atoms with Crippen molar-refractivity contribution >= 4 is 17.4 Å². The van der Waals surface area contributed by atoms with Gasteiger partial charge in [0.25, 0.3) is 0 Å². The van der Waals surface area contributed by atoms with Gasteiger partial charge in [-0.2, -0.15) is 5.26 Å². The van der Waals surface area contributed by atoms with E-state index in [1.54, 1.807) is 0 Å². The average Bonchev–Trinajstić information content (AvgIpc) is 2.45. The van der Waals surface area contributed by atoms with Crippen molar-refractivity contribution in [3.8, 4) is 6.07 Å². The zero-order valence-corrected chi connectivity index (χ0v) is 14.4. The van der Waals surface area contributed by atoms with Crippen molar-refractivity contribution in [1.82, 2.24) is 14.9 Å². The number of rotatable bonds is 6. The Kier molecular flexibility index (Phi) is 5.98. The van der Waals surface area contributed by atoms with Crippen LogP contribution in [0.5, 0.6) is 0 Å². The number of hydrogen-bond acceptors (Lipinski definition) is 5. The number of nitrogens with zero attached hydrogens (tertiary/aromatic N) is 5. The van der Waals surface area contributed by atoms with E-state index in [4.69, 9.17) is 16.9 Å². The molecule has 1 aromatic heterocycles. The predicted octanol–water partition coefficient (Wildman–Crippen LogP) is 2.88. The van der Waals surface area contributed by atoms with Crippen molar-refractivity contribution in [3.05, 3.63) is 16.5 Å². The number of nitriles is 1. The van der Waals surface area contributed by atoms with Crippen LogP contribution >= 0.6 is 11.6 Å². The first-order valence-electron chi connectivity index (χ1n) is 7.90. The van der Waals surface area contributed by atoms with Gasteiger partial charge in [-0.15, -0.1) is 0 Å².